The van der Waals surface area contributed by atoms with E-state index < -0.39 is 5.82 Å². The van der Waals surface area contributed by atoms with Gasteiger partial charge < -0.3 is 10.1 Å². The highest BCUT2D eigenvalue weighted by Gasteiger charge is 2.16. The van der Waals surface area contributed by atoms with Crippen LogP contribution in [0, 0.1) is 5.82 Å². The SMILES string of the molecule is O=C1CCc2cc(Oc3nc(Cl)ncc3F)ccc2N1. The smallest absolute Gasteiger partial charge is 0.260 e. The number of benzene rings is 1. The molecule has 0 saturated carbocycles. The van der Waals surface area contributed by atoms with Gasteiger partial charge in [0.25, 0.3) is 5.88 Å². The Morgan fingerprint density at radius 2 is 2.20 bits per heavy atom. The predicted molar refractivity (Wildman–Crippen MR) is 70.5 cm³/mol. The minimum absolute atomic E-state index is 0.0141. The van der Waals surface area contributed by atoms with Gasteiger partial charge in [-0.1, -0.05) is 0 Å². The number of aromatic nitrogens is 2. The summed E-state index contributed by atoms with van der Waals surface area (Å²) in [5.74, 6) is -0.515. The Hall–Kier alpha value is -2.21. The van der Waals surface area contributed by atoms with Gasteiger partial charge in [-0.25, -0.2) is 4.98 Å². The van der Waals surface area contributed by atoms with Crippen LogP contribution in [0.5, 0.6) is 11.6 Å². The van der Waals surface area contributed by atoms with E-state index in [1.807, 2.05) is 0 Å². The second-order valence-corrected chi connectivity index (χ2v) is 4.60. The monoisotopic (exact) mass is 293 g/mol. The molecule has 3 rings (SSSR count). The zero-order valence-electron chi connectivity index (χ0n) is 10.2. The summed E-state index contributed by atoms with van der Waals surface area (Å²) < 4.78 is 18.8. The van der Waals surface area contributed by atoms with E-state index in [1.165, 1.54) is 0 Å². The lowest BCUT2D eigenvalue weighted by Crippen LogP contribution is -2.18. The summed E-state index contributed by atoms with van der Waals surface area (Å²) in [4.78, 5) is 18.5. The minimum Gasteiger partial charge on any atom is -0.436 e. The molecular formula is C13H9ClFN3O2. The molecule has 1 aliphatic rings. The molecule has 7 heteroatoms. The van der Waals surface area contributed by atoms with Crippen LogP contribution < -0.4 is 10.1 Å². The molecule has 1 amide bonds. The molecule has 0 spiro atoms. The van der Waals surface area contributed by atoms with Crippen LogP contribution >= 0.6 is 11.6 Å². The van der Waals surface area contributed by atoms with E-state index in [4.69, 9.17) is 16.3 Å². The Morgan fingerprint density at radius 3 is 3.05 bits per heavy atom. The van der Waals surface area contributed by atoms with E-state index in [9.17, 15) is 9.18 Å². The van der Waals surface area contributed by atoms with Gasteiger partial charge in [-0.15, -0.1) is 0 Å². The van der Waals surface area contributed by atoms with E-state index in [2.05, 4.69) is 15.3 Å². The van der Waals surface area contributed by atoms with Crippen LogP contribution in [0.2, 0.25) is 5.28 Å². The summed E-state index contributed by atoms with van der Waals surface area (Å²) in [5, 5.41) is 2.67. The number of carbonyl (C=O) groups is 1. The molecule has 0 radical (unpaired) electrons. The Kier molecular flexibility index (Phi) is 3.23. The molecule has 1 aliphatic heterocycles. The first-order valence-electron chi connectivity index (χ1n) is 5.90. The number of anilines is 1. The van der Waals surface area contributed by atoms with Crippen molar-refractivity contribution in [3.8, 4) is 11.6 Å². The highest BCUT2D eigenvalue weighted by molar-refractivity contribution is 6.28. The van der Waals surface area contributed by atoms with Crippen LogP contribution in [0.25, 0.3) is 0 Å². The normalized spacial score (nSPS) is 13.6. The summed E-state index contributed by atoms with van der Waals surface area (Å²) in [6.45, 7) is 0. The Bertz CT molecular complexity index is 693. The van der Waals surface area contributed by atoms with E-state index in [1.54, 1.807) is 18.2 Å². The van der Waals surface area contributed by atoms with E-state index >= 15 is 0 Å². The van der Waals surface area contributed by atoms with Crippen LogP contribution in [0.1, 0.15) is 12.0 Å². The van der Waals surface area contributed by atoms with Crippen molar-refractivity contribution < 1.29 is 13.9 Å². The molecule has 1 N–H and O–H groups in total. The van der Waals surface area contributed by atoms with Crippen molar-refractivity contribution >= 4 is 23.2 Å². The van der Waals surface area contributed by atoms with E-state index in [0.717, 1.165) is 17.4 Å². The fraction of sp³-hybridized carbons (Fsp3) is 0.154. The average Bonchev–Trinajstić information content (AvgIpc) is 2.43. The molecule has 5 nitrogen and oxygen atoms in total. The molecule has 0 aliphatic carbocycles. The molecule has 0 unspecified atom stereocenters. The molecule has 0 atom stereocenters. The first-order chi connectivity index (χ1) is 9.61. The van der Waals surface area contributed by atoms with Gasteiger partial charge in [-0.3, -0.25) is 4.79 Å². The number of fused-ring (bicyclic) bond motifs is 1. The third-order valence-corrected chi connectivity index (χ3v) is 3.05. The zero-order valence-corrected chi connectivity index (χ0v) is 10.9. The molecule has 1 aromatic heterocycles. The number of nitrogens with one attached hydrogen (secondary N) is 1. The van der Waals surface area contributed by atoms with Crippen molar-refractivity contribution in [3.05, 3.63) is 41.1 Å². The Labute approximate surface area is 118 Å². The van der Waals surface area contributed by atoms with Gasteiger partial charge in [0.1, 0.15) is 5.75 Å². The predicted octanol–water partition coefficient (Wildman–Crippen LogP) is 2.95. The fourth-order valence-corrected chi connectivity index (χ4v) is 2.06. The Morgan fingerprint density at radius 1 is 1.35 bits per heavy atom. The lowest BCUT2D eigenvalue weighted by Gasteiger charge is -2.17. The van der Waals surface area contributed by atoms with E-state index in [0.29, 0.717) is 18.6 Å². The molecule has 0 saturated heterocycles. The summed E-state index contributed by atoms with van der Waals surface area (Å²) in [5.41, 5.74) is 1.68. The molecule has 2 heterocycles. The quantitative estimate of drug-likeness (QED) is 0.865. The first kappa shape index (κ1) is 12.8. The third-order valence-electron chi connectivity index (χ3n) is 2.87. The van der Waals surface area contributed by atoms with Crippen molar-refractivity contribution in [2.45, 2.75) is 12.8 Å². The number of carbonyl (C=O) groups excluding carboxylic acids is 1. The fourth-order valence-electron chi connectivity index (χ4n) is 1.94. The molecular weight excluding hydrogens is 285 g/mol. The Balaban J connectivity index is 1.88. The highest BCUT2D eigenvalue weighted by Crippen LogP contribution is 2.29. The average molecular weight is 294 g/mol. The van der Waals surface area contributed by atoms with Crippen LogP contribution in [-0.2, 0) is 11.2 Å². The van der Waals surface area contributed by atoms with Crippen LogP contribution in [0.3, 0.4) is 0 Å². The van der Waals surface area contributed by atoms with Crippen LogP contribution in [0.4, 0.5) is 10.1 Å². The first-order valence-corrected chi connectivity index (χ1v) is 6.28. The number of halogens is 2. The van der Waals surface area contributed by atoms with Gasteiger partial charge in [-0.2, -0.15) is 9.37 Å². The number of ether oxygens (including phenoxy) is 1. The second kappa shape index (κ2) is 5.05. The van der Waals surface area contributed by atoms with Crippen LogP contribution in [0.15, 0.2) is 24.4 Å². The number of amides is 1. The molecule has 1 aromatic carbocycles. The second-order valence-electron chi connectivity index (χ2n) is 4.26. The van der Waals surface area contributed by atoms with Crippen molar-refractivity contribution in [2.75, 3.05) is 5.32 Å². The molecule has 2 aromatic rings. The van der Waals surface area contributed by atoms with Gasteiger partial charge in [0.15, 0.2) is 0 Å². The maximum absolute atomic E-state index is 13.5. The lowest BCUT2D eigenvalue weighted by molar-refractivity contribution is -0.116. The molecule has 0 fully saturated rings. The number of aryl methyl sites for hydroxylation is 1. The number of nitrogens with zero attached hydrogens (tertiary/aromatic N) is 2. The largest absolute Gasteiger partial charge is 0.436 e. The minimum atomic E-state index is -0.694. The summed E-state index contributed by atoms with van der Waals surface area (Å²) in [6.07, 6.45) is 1.98. The molecule has 0 bridgehead atoms. The maximum atomic E-state index is 13.5. The zero-order chi connectivity index (χ0) is 14.1. The van der Waals surface area contributed by atoms with Gasteiger partial charge >= 0.3 is 0 Å². The number of rotatable bonds is 2. The van der Waals surface area contributed by atoms with Crippen molar-refractivity contribution in [2.24, 2.45) is 0 Å². The topological polar surface area (TPSA) is 64.1 Å². The summed E-state index contributed by atoms with van der Waals surface area (Å²) in [6, 6.07) is 5.08. The van der Waals surface area contributed by atoms with Crippen LogP contribution in [-0.4, -0.2) is 15.9 Å². The van der Waals surface area contributed by atoms with Gasteiger partial charge in [-0.05, 0) is 41.8 Å². The van der Waals surface area contributed by atoms with Gasteiger partial charge in [0.2, 0.25) is 17.0 Å². The standard InChI is InChI=1S/C13H9ClFN3O2/c14-13-16-6-9(15)12(18-13)20-8-2-3-10-7(5-8)1-4-11(19)17-10/h2-3,5-6H,1,4H2,(H,17,19). The molecule has 102 valence electrons. The van der Waals surface area contributed by atoms with Crippen molar-refractivity contribution in [1.82, 2.24) is 9.97 Å². The number of hydrogen-bond donors (Lipinski definition) is 1. The van der Waals surface area contributed by atoms with Gasteiger partial charge in [0, 0.05) is 12.1 Å². The number of hydrogen-bond acceptors (Lipinski definition) is 4. The van der Waals surface area contributed by atoms with E-state index in [-0.39, 0.29) is 17.1 Å². The third kappa shape index (κ3) is 2.55. The molecule has 20 heavy (non-hydrogen) atoms. The van der Waals surface area contributed by atoms with Gasteiger partial charge in [0.05, 0.1) is 6.20 Å². The highest BCUT2D eigenvalue weighted by atomic mass is 35.5. The summed E-state index contributed by atoms with van der Waals surface area (Å²) in [7, 11) is 0. The van der Waals surface area contributed by atoms with Crippen molar-refractivity contribution in [1.29, 1.82) is 0 Å². The maximum Gasteiger partial charge on any atom is 0.260 e. The summed E-state index contributed by atoms with van der Waals surface area (Å²) >= 11 is 5.60. The van der Waals surface area contributed by atoms with Crippen molar-refractivity contribution in [3.63, 3.8) is 0 Å². The lowest BCUT2D eigenvalue weighted by atomic mass is 10.0.